The monoisotopic (exact) mass is 298 g/mol. The number of carbonyl (C=O) groups is 4. The molecule has 0 unspecified atom stereocenters. The highest BCUT2D eigenvalue weighted by Gasteiger charge is 2.31. The third-order valence-corrected chi connectivity index (χ3v) is 3.81. The van der Waals surface area contributed by atoms with Gasteiger partial charge in [0.15, 0.2) is 5.78 Å². The van der Waals surface area contributed by atoms with Crippen LogP contribution < -0.4 is 10.6 Å². The van der Waals surface area contributed by atoms with Crippen LogP contribution in [0.3, 0.4) is 0 Å². The number of ketones is 1. The summed E-state index contributed by atoms with van der Waals surface area (Å²) in [6, 6.07) is -0.822. The molecule has 0 aliphatic carbocycles. The van der Waals surface area contributed by atoms with Gasteiger partial charge in [-0.1, -0.05) is 13.3 Å². The molecule has 0 aromatic carbocycles. The SMILES string of the molecule is CC(=O)[C@@H]1CNC(=O)CCCC[C@H](C(=O)O)[C@@H](C)C(=O)N1. The normalized spacial score (nSPS) is 28.6. The highest BCUT2D eigenvalue weighted by atomic mass is 16.4. The predicted octanol–water partition coefficient (Wildman–Crippen LogP) is 0.0873. The zero-order chi connectivity index (χ0) is 16.0. The third kappa shape index (κ3) is 5.17. The summed E-state index contributed by atoms with van der Waals surface area (Å²) in [5.41, 5.74) is 0. The Bertz CT molecular complexity index is 435. The molecular weight excluding hydrogens is 276 g/mol. The van der Waals surface area contributed by atoms with Crippen molar-refractivity contribution in [3.8, 4) is 0 Å². The lowest BCUT2D eigenvalue weighted by Crippen LogP contribution is -2.50. The Labute approximate surface area is 123 Å². The second-order valence-electron chi connectivity index (χ2n) is 5.46. The van der Waals surface area contributed by atoms with Gasteiger partial charge >= 0.3 is 5.97 Å². The first-order valence-corrected chi connectivity index (χ1v) is 7.13. The van der Waals surface area contributed by atoms with Crippen LogP contribution in [-0.4, -0.2) is 41.3 Å². The van der Waals surface area contributed by atoms with Gasteiger partial charge in [0, 0.05) is 18.9 Å². The molecule has 1 aliphatic rings. The quantitative estimate of drug-likeness (QED) is 0.668. The van der Waals surface area contributed by atoms with E-state index in [1.165, 1.54) is 6.92 Å². The van der Waals surface area contributed by atoms with Crippen molar-refractivity contribution in [1.29, 1.82) is 0 Å². The fourth-order valence-electron chi connectivity index (χ4n) is 2.32. The largest absolute Gasteiger partial charge is 0.481 e. The zero-order valence-electron chi connectivity index (χ0n) is 12.3. The van der Waals surface area contributed by atoms with E-state index < -0.39 is 29.8 Å². The number of carboxylic acid groups (broad SMARTS) is 1. The fourth-order valence-corrected chi connectivity index (χ4v) is 2.32. The molecule has 118 valence electrons. The molecule has 1 heterocycles. The molecule has 1 saturated heterocycles. The maximum atomic E-state index is 12.1. The van der Waals surface area contributed by atoms with Crippen LogP contribution in [0.15, 0.2) is 0 Å². The van der Waals surface area contributed by atoms with E-state index in [4.69, 9.17) is 0 Å². The molecule has 3 atom stereocenters. The van der Waals surface area contributed by atoms with Crippen molar-refractivity contribution in [2.45, 2.75) is 45.6 Å². The highest BCUT2D eigenvalue weighted by Crippen LogP contribution is 2.20. The number of hydrogen-bond acceptors (Lipinski definition) is 4. The Hall–Kier alpha value is -1.92. The second-order valence-corrected chi connectivity index (χ2v) is 5.46. The van der Waals surface area contributed by atoms with E-state index >= 15 is 0 Å². The van der Waals surface area contributed by atoms with Crippen LogP contribution in [0.4, 0.5) is 0 Å². The van der Waals surface area contributed by atoms with Gasteiger partial charge in [-0.2, -0.15) is 0 Å². The average molecular weight is 298 g/mol. The van der Waals surface area contributed by atoms with Crippen molar-refractivity contribution >= 4 is 23.6 Å². The van der Waals surface area contributed by atoms with Crippen LogP contribution in [-0.2, 0) is 19.2 Å². The van der Waals surface area contributed by atoms with Crippen molar-refractivity contribution < 1.29 is 24.3 Å². The van der Waals surface area contributed by atoms with E-state index in [0.29, 0.717) is 25.7 Å². The smallest absolute Gasteiger partial charge is 0.307 e. The molecule has 1 fully saturated rings. The summed E-state index contributed by atoms with van der Waals surface area (Å²) in [6.45, 7) is 2.91. The molecule has 3 N–H and O–H groups in total. The Morgan fingerprint density at radius 2 is 1.90 bits per heavy atom. The lowest BCUT2D eigenvalue weighted by atomic mass is 9.88. The zero-order valence-corrected chi connectivity index (χ0v) is 12.3. The standard InChI is InChI=1S/C14H22N2O5/c1-8-10(14(20)21)5-3-4-6-12(18)15-7-11(9(2)17)16-13(8)19/h8,10-11H,3-7H2,1-2H3,(H,15,18)(H,16,19)(H,20,21)/t8-,10+,11+/m1/s1. The molecule has 1 aliphatic heterocycles. The summed E-state index contributed by atoms with van der Waals surface area (Å²) in [5, 5.41) is 14.4. The number of aliphatic carboxylic acids is 1. The molecule has 0 aromatic heterocycles. The minimum atomic E-state index is -1.03. The van der Waals surface area contributed by atoms with Gasteiger partial charge in [-0.25, -0.2) is 0 Å². The first kappa shape index (κ1) is 17.1. The van der Waals surface area contributed by atoms with E-state index in [-0.39, 0.29) is 18.2 Å². The summed E-state index contributed by atoms with van der Waals surface area (Å²) in [4.78, 5) is 46.5. The number of amides is 2. The molecule has 0 aromatic rings. The van der Waals surface area contributed by atoms with Crippen molar-refractivity contribution in [3.63, 3.8) is 0 Å². The van der Waals surface area contributed by atoms with Crippen LogP contribution >= 0.6 is 0 Å². The van der Waals surface area contributed by atoms with E-state index in [1.54, 1.807) is 6.92 Å². The topological polar surface area (TPSA) is 113 Å². The first-order chi connectivity index (χ1) is 9.82. The minimum Gasteiger partial charge on any atom is -0.481 e. The minimum absolute atomic E-state index is 0.0321. The number of carbonyl (C=O) groups excluding carboxylic acids is 3. The second kappa shape index (κ2) is 7.75. The van der Waals surface area contributed by atoms with Gasteiger partial charge in [0.25, 0.3) is 0 Å². The van der Waals surface area contributed by atoms with E-state index in [9.17, 15) is 24.3 Å². The molecule has 1 rings (SSSR count). The molecule has 7 heteroatoms. The van der Waals surface area contributed by atoms with Crippen LogP contribution in [0, 0.1) is 11.8 Å². The highest BCUT2D eigenvalue weighted by molar-refractivity contribution is 5.90. The maximum absolute atomic E-state index is 12.1. The van der Waals surface area contributed by atoms with Crippen molar-refractivity contribution in [3.05, 3.63) is 0 Å². The van der Waals surface area contributed by atoms with Crippen molar-refractivity contribution in [2.24, 2.45) is 11.8 Å². The van der Waals surface area contributed by atoms with E-state index in [1.807, 2.05) is 0 Å². The van der Waals surface area contributed by atoms with Crippen LogP contribution in [0.1, 0.15) is 39.5 Å². The average Bonchev–Trinajstić information content (AvgIpc) is 2.40. The summed E-state index contributed by atoms with van der Waals surface area (Å²) in [7, 11) is 0. The molecule has 2 amide bonds. The fraction of sp³-hybridized carbons (Fsp3) is 0.714. The van der Waals surface area contributed by atoms with Gasteiger partial charge in [-0.15, -0.1) is 0 Å². The molecule has 21 heavy (non-hydrogen) atoms. The first-order valence-electron chi connectivity index (χ1n) is 7.13. The molecule has 7 nitrogen and oxygen atoms in total. The molecular formula is C14H22N2O5. The van der Waals surface area contributed by atoms with E-state index in [0.717, 1.165) is 0 Å². The lowest BCUT2D eigenvalue weighted by Gasteiger charge is -2.24. The molecule has 0 bridgehead atoms. The molecule has 0 saturated carbocycles. The Morgan fingerprint density at radius 3 is 2.48 bits per heavy atom. The summed E-state index contributed by atoms with van der Waals surface area (Å²) >= 11 is 0. The van der Waals surface area contributed by atoms with Crippen LogP contribution in [0.5, 0.6) is 0 Å². The number of carboxylic acids is 1. The van der Waals surface area contributed by atoms with Gasteiger partial charge < -0.3 is 15.7 Å². The Morgan fingerprint density at radius 1 is 1.24 bits per heavy atom. The van der Waals surface area contributed by atoms with Crippen LogP contribution in [0.25, 0.3) is 0 Å². The summed E-state index contributed by atoms with van der Waals surface area (Å²) < 4.78 is 0. The van der Waals surface area contributed by atoms with Gasteiger partial charge in [0.1, 0.15) is 6.04 Å². The Balaban J connectivity index is 2.89. The van der Waals surface area contributed by atoms with Crippen molar-refractivity contribution in [2.75, 3.05) is 6.54 Å². The van der Waals surface area contributed by atoms with Gasteiger partial charge in [0.2, 0.25) is 11.8 Å². The lowest BCUT2D eigenvalue weighted by molar-refractivity contribution is -0.147. The van der Waals surface area contributed by atoms with Crippen molar-refractivity contribution in [1.82, 2.24) is 10.6 Å². The number of Topliss-reactive ketones (excluding diaryl/α,β-unsaturated/α-hetero) is 1. The van der Waals surface area contributed by atoms with Gasteiger partial charge in [-0.3, -0.25) is 19.2 Å². The molecule has 0 spiro atoms. The van der Waals surface area contributed by atoms with Gasteiger partial charge in [-0.05, 0) is 19.8 Å². The molecule has 0 radical (unpaired) electrons. The number of hydrogen-bond donors (Lipinski definition) is 3. The third-order valence-electron chi connectivity index (χ3n) is 3.81. The summed E-state index contributed by atoms with van der Waals surface area (Å²) in [5.74, 6) is -3.51. The number of nitrogens with one attached hydrogen (secondary N) is 2. The summed E-state index contributed by atoms with van der Waals surface area (Å²) in [6.07, 6.45) is 1.76. The van der Waals surface area contributed by atoms with Gasteiger partial charge in [0.05, 0.1) is 5.92 Å². The number of rotatable bonds is 2. The maximum Gasteiger partial charge on any atom is 0.307 e. The predicted molar refractivity (Wildman–Crippen MR) is 74.4 cm³/mol. The Kier molecular flexibility index (Phi) is 6.33. The van der Waals surface area contributed by atoms with Crippen LogP contribution in [0.2, 0.25) is 0 Å². The van der Waals surface area contributed by atoms with E-state index in [2.05, 4.69) is 10.6 Å².